The first-order valence-corrected chi connectivity index (χ1v) is 12.8. The molecular weight excluding hydrogens is 523 g/mol. The summed E-state index contributed by atoms with van der Waals surface area (Å²) in [4.78, 5) is 1.54. The zero-order valence-electron chi connectivity index (χ0n) is 19.8. The summed E-state index contributed by atoms with van der Waals surface area (Å²) in [7, 11) is 1.55. The van der Waals surface area contributed by atoms with Gasteiger partial charge >= 0.3 is 6.18 Å². The predicted octanol–water partition coefficient (Wildman–Crippen LogP) is 6.79. The molecule has 0 aliphatic carbocycles. The quantitative estimate of drug-likeness (QED) is 0.357. The average Bonchev–Trinajstić information content (AvgIpc) is 3.06. The van der Waals surface area contributed by atoms with E-state index in [1.54, 1.807) is 18.1 Å². The molecule has 0 saturated carbocycles. The lowest BCUT2D eigenvalue weighted by atomic mass is 9.83. The van der Waals surface area contributed by atoms with E-state index in [1.807, 2.05) is 42.1 Å². The fourth-order valence-corrected chi connectivity index (χ4v) is 5.90. The number of fused-ring (bicyclic) bond motifs is 3. The summed E-state index contributed by atoms with van der Waals surface area (Å²) in [6.45, 7) is 1.58. The molecule has 2 aliphatic rings. The highest BCUT2D eigenvalue weighted by Crippen LogP contribution is 2.45. The van der Waals surface area contributed by atoms with Crippen molar-refractivity contribution in [2.24, 2.45) is 0 Å². The van der Waals surface area contributed by atoms with Crippen molar-refractivity contribution in [1.82, 2.24) is 14.7 Å². The lowest BCUT2D eigenvalue weighted by molar-refractivity contribution is -0.155. The van der Waals surface area contributed by atoms with Gasteiger partial charge in [0.1, 0.15) is 5.75 Å². The highest BCUT2D eigenvalue weighted by molar-refractivity contribution is 9.10. The number of hydrogen-bond donors (Lipinski definition) is 0. The van der Waals surface area contributed by atoms with E-state index >= 15 is 0 Å². The topological polar surface area (TPSA) is 39.5 Å². The van der Waals surface area contributed by atoms with E-state index in [0.29, 0.717) is 24.3 Å². The zero-order valence-corrected chi connectivity index (χ0v) is 21.4. The Morgan fingerprint density at radius 3 is 2.71 bits per heavy atom. The fraction of sp³-hybridized carbons (Fsp3) is 0.500. The molecular formula is C26H29BrF3N3O2. The van der Waals surface area contributed by atoms with E-state index in [-0.39, 0.29) is 12.3 Å². The molecule has 35 heavy (non-hydrogen) atoms. The smallest absolute Gasteiger partial charge is 0.401 e. The molecule has 5 nitrogen and oxygen atoms in total. The second-order valence-corrected chi connectivity index (χ2v) is 10.4. The van der Waals surface area contributed by atoms with Gasteiger partial charge in [0.05, 0.1) is 31.4 Å². The summed E-state index contributed by atoms with van der Waals surface area (Å²) in [5.41, 5.74) is 3.59. The second-order valence-electron chi connectivity index (χ2n) is 9.46. The van der Waals surface area contributed by atoms with Crippen molar-refractivity contribution in [2.75, 3.05) is 20.3 Å². The van der Waals surface area contributed by atoms with Crippen LogP contribution in [0.4, 0.5) is 13.2 Å². The Kier molecular flexibility index (Phi) is 6.85. The van der Waals surface area contributed by atoms with Gasteiger partial charge in [0.25, 0.3) is 0 Å². The minimum atomic E-state index is -4.32. The molecule has 1 aromatic heterocycles. The monoisotopic (exact) mass is 551 g/mol. The maximum absolute atomic E-state index is 13.7. The van der Waals surface area contributed by atoms with Crippen molar-refractivity contribution in [3.8, 4) is 5.75 Å². The van der Waals surface area contributed by atoms with Gasteiger partial charge in [-0.15, -0.1) is 0 Å². The number of alkyl halides is 3. The van der Waals surface area contributed by atoms with Gasteiger partial charge in [0.15, 0.2) is 6.23 Å². The first-order chi connectivity index (χ1) is 16.8. The molecule has 0 N–H and O–H groups in total. The molecule has 2 aromatic carbocycles. The van der Waals surface area contributed by atoms with Crippen LogP contribution in [0.15, 0.2) is 41.0 Å². The van der Waals surface area contributed by atoms with E-state index in [4.69, 9.17) is 9.47 Å². The summed E-state index contributed by atoms with van der Waals surface area (Å²) in [5.74, 6) is 0.555. The first-order valence-electron chi connectivity index (χ1n) is 12.0. The summed E-state index contributed by atoms with van der Waals surface area (Å²) in [5, 5.41) is 5.66. The molecule has 3 aromatic rings. The van der Waals surface area contributed by atoms with E-state index in [9.17, 15) is 13.2 Å². The van der Waals surface area contributed by atoms with Gasteiger partial charge in [-0.25, -0.2) is 4.68 Å². The summed E-state index contributed by atoms with van der Waals surface area (Å²) in [6, 6.07) is 8.53. The van der Waals surface area contributed by atoms with Gasteiger partial charge in [0, 0.05) is 28.1 Å². The van der Waals surface area contributed by atoms with E-state index in [0.717, 1.165) is 52.2 Å². The van der Waals surface area contributed by atoms with Gasteiger partial charge in [-0.3, -0.25) is 4.90 Å². The number of nitrogens with zero attached hydrogens (tertiary/aromatic N) is 3. The van der Waals surface area contributed by atoms with Crippen LogP contribution < -0.4 is 4.74 Å². The fourth-order valence-electron chi connectivity index (χ4n) is 5.56. The molecule has 0 spiro atoms. The predicted molar refractivity (Wildman–Crippen MR) is 132 cm³/mol. The number of aromatic nitrogens is 2. The molecule has 2 aliphatic heterocycles. The Morgan fingerprint density at radius 1 is 1.14 bits per heavy atom. The molecule has 3 atom stereocenters. The molecule has 0 amide bonds. The maximum atomic E-state index is 13.7. The van der Waals surface area contributed by atoms with Gasteiger partial charge in [0.2, 0.25) is 0 Å². The van der Waals surface area contributed by atoms with Crippen molar-refractivity contribution in [3.63, 3.8) is 0 Å². The lowest BCUT2D eigenvalue weighted by Crippen LogP contribution is -2.47. The molecule has 188 valence electrons. The van der Waals surface area contributed by atoms with Crippen LogP contribution in [0.1, 0.15) is 61.6 Å². The standard InChI is InChI=1S/C26H29BrF3N3O2/c1-16-12-20-18(9-10-22-21(20)14-31-33(22)24-6-4-3-5-11-35-24)25(32(16)15-26(28,29)30)19-8-7-17(27)13-23(19)34-2/h7-10,13-14,16,24-25H,3-6,11-12,15H2,1-2H3/t16-,24?,25+/m1/s1. The third-order valence-corrected chi connectivity index (χ3v) is 7.64. The van der Waals surface area contributed by atoms with Gasteiger partial charge < -0.3 is 9.47 Å². The van der Waals surface area contributed by atoms with Crippen LogP contribution in [0.25, 0.3) is 10.9 Å². The van der Waals surface area contributed by atoms with Crippen molar-refractivity contribution >= 4 is 26.8 Å². The SMILES string of the molecule is COc1cc(Br)ccc1[C@@H]1c2ccc3c(cnn3C3CCCCCO3)c2C[C@@H](C)N1CC(F)(F)F. The summed E-state index contributed by atoms with van der Waals surface area (Å²) < 4.78 is 55.6. The molecule has 1 saturated heterocycles. The largest absolute Gasteiger partial charge is 0.496 e. The van der Waals surface area contributed by atoms with Crippen LogP contribution in [0.5, 0.6) is 5.75 Å². The summed E-state index contributed by atoms with van der Waals surface area (Å²) >= 11 is 3.45. The number of benzene rings is 2. The van der Waals surface area contributed by atoms with E-state index in [1.165, 1.54) is 0 Å². The Morgan fingerprint density at radius 2 is 1.94 bits per heavy atom. The Labute approximate surface area is 211 Å². The second kappa shape index (κ2) is 9.75. The molecule has 0 bridgehead atoms. The molecule has 0 radical (unpaired) electrons. The zero-order chi connectivity index (χ0) is 24.7. The first kappa shape index (κ1) is 24.6. The van der Waals surface area contributed by atoms with Crippen molar-refractivity contribution in [3.05, 3.63) is 57.7 Å². The number of hydrogen-bond acceptors (Lipinski definition) is 4. The number of ether oxygens (including phenoxy) is 2. The van der Waals surface area contributed by atoms with Crippen LogP contribution in [-0.2, 0) is 11.2 Å². The molecule has 9 heteroatoms. The summed E-state index contributed by atoms with van der Waals surface area (Å²) in [6.07, 6.45) is 2.12. The van der Waals surface area contributed by atoms with Crippen LogP contribution in [0, 0.1) is 0 Å². The molecule has 5 rings (SSSR count). The van der Waals surface area contributed by atoms with E-state index < -0.39 is 18.8 Å². The van der Waals surface area contributed by atoms with Crippen LogP contribution in [-0.4, -0.2) is 47.2 Å². The number of methoxy groups -OCH3 is 1. The lowest BCUT2D eigenvalue weighted by Gasteiger charge is -2.43. The minimum absolute atomic E-state index is 0.113. The van der Waals surface area contributed by atoms with E-state index in [2.05, 4.69) is 21.0 Å². The highest BCUT2D eigenvalue weighted by atomic mass is 79.9. The highest BCUT2D eigenvalue weighted by Gasteiger charge is 2.42. The maximum Gasteiger partial charge on any atom is 0.401 e. The van der Waals surface area contributed by atoms with Gasteiger partial charge in [-0.2, -0.15) is 18.3 Å². The van der Waals surface area contributed by atoms with Crippen molar-refractivity contribution in [1.29, 1.82) is 0 Å². The molecule has 1 unspecified atom stereocenters. The Balaban J connectivity index is 1.65. The Bertz CT molecular complexity index is 1200. The molecule has 1 fully saturated rings. The number of rotatable bonds is 4. The third-order valence-electron chi connectivity index (χ3n) is 7.15. The van der Waals surface area contributed by atoms with Crippen molar-refractivity contribution in [2.45, 2.75) is 63.5 Å². The third kappa shape index (κ3) is 4.82. The molecule has 3 heterocycles. The van der Waals surface area contributed by atoms with Crippen molar-refractivity contribution < 1.29 is 22.6 Å². The van der Waals surface area contributed by atoms with Crippen LogP contribution in [0.2, 0.25) is 0 Å². The Hall–Kier alpha value is -2.10. The normalized spacial score (nSPS) is 23.8. The van der Waals surface area contributed by atoms with Crippen LogP contribution >= 0.6 is 15.9 Å². The number of halogens is 4. The average molecular weight is 552 g/mol. The van der Waals surface area contributed by atoms with Gasteiger partial charge in [-0.1, -0.05) is 34.5 Å². The van der Waals surface area contributed by atoms with Gasteiger partial charge in [-0.05, 0) is 61.9 Å². The van der Waals surface area contributed by atoms with Crippen LogP contribution in [0.3, 0.4) is 0 Å². The minimum Gasteiger partial charge on any atom is -0.496 e.